The SMILES string of the molecule is c1ccc(-c2cc(-c3ccccc3)cc(-c3cccc4c3oc3ccc(-c5cc(-c6ccccc6)nc(-c6ccccc6)n5)cc34)c2)cc1. The van der Waals surface area contributed by atoms with Crippen molar-refractivity contribution in [3.05, 3.63) is 182 Å². The first kappa shape index (κ1) is 28.6. The molecular formula is C46H30N2O. The Hall–Kier alpha value is -6.58. The van der Waals surface area contributed by atoms with E-state index in [9.17, 15) is 0 Å². The number of para-hydroxylation sites is 1. The van der Waals surface area contributed by atoms with Crippen molar-refractivity contribution in [1.29, 1.82) is 0 Å². The second-order valence-corrected chi connectivity index (χ2v) is 12.2. The van der Waals surface area contributed by atoms with Crippen molar-refractivity contribution >= 4 is 21.9 Å². The fourth-order valence-electron chi connectivity index (χ4n) is 6.63. The molecule has 0 unspecified atom stereocenters. The van der Waals surface area contributed by atoms with E-state index in [-0.39, 0.29) is 0 Å². The van der Waals surface area contributed by atoms with Crippen LogP contribution in [-0.2, 0) is 0 Å². The molecule has 0 radical (unpaired) electrons. The highest BCUT2D eigenvalue weighted by atomic mass is 16.3. The van der Waals surface area contributed by atoms with E-state index >= 15 is 0 Å². The van der Waals surface area contributed by atoms with Gasteiger partial charge in [0.05, 0.1) is 11.4 Å². The fourth-order valence-corrected chi connectivity index (χ4v) is 6.63. The monoisotopic (exact) mass is 626 g/mol. The lowest BCUT2D eigenvalue weighted by Gasteiger charge is -2.11. The molecule has 0 spiro atoms. The number of hydrogen-bond donors (Lipinski definition) is 0. The predicted molar refractivity (Wildman–Crippen MR) is 202 cm³/mol. The molecule has 0 aliphatic rings. The third-order valence-corrected chi connectivity index (χ3v) is 9.08. The van der Waals surface area contributed by atoms with Gasteiger partial charge < -0.3 is 4.42 Å². The van der Waals surface area contributed by atoms with Crippen LogP contribution >= 0.6 is 0 Å². The zero-order valence-corrected chi connectivity index (χ0v) is 26.6. The van der Waals surface area contributed by atoms with E-state index in [1.54, 1.807) is 0 Å². The van der Waals surface area contributed by atoms with Crippen molar-refractivity contribution in [3.63, 3.8) is 0 Å². The van der Waals surface area contributed by atoms with Gasteiger partial charge in [-0.25, -0.2) is 9.97 Å². The predicted octanol–water partition coefficient (Wildman–Crippen LogP) is 12.4. The largest absolute Gasteiger partial charge is 0.455 e. The van der Waals surface area contributed by atoms with Gasteiger partial charge in [0.25, 0.3) is 0 Å². The highest BCUT2D eigenvalue weighted by molar-refractivity contribution is 6.11. The van der Waals surface area contributed by atoms with Crippen molar-refractivity contribution in [2.45, 2.75) is 0 Å². The van der Waals surface area contributed by atoms with Gasteiger partial charge in [-0.15, -0.1) is 0 Å². The number of hydrogen-bond acceptors (Lipinski definition) is 3. The molecular weight excluding hydrogens is 597 g/mol. The van der Waals surface area contributed by atoms with Gasteiger partial charge in [0.15, 0.2) is 5.82 Å². The lowest BCUT2D eigenvalue weighted by atomic mass is 9.92. The number of furan rings is 1. The smallest absolute Gasteiger partial charge is 0.160 e. The first-order valence-electron chi connectivity index (χ1n) is 16.5. The Kier molecular flexibility index (Phi) is 7.14. The molecule has 0 aliphatic heterocycles. The van der Waals surface area contributed by atoms with Crippen LogP contribution in [0.15, 0.2) is 186 Å². The molecule has 3 nitrogen and oxygen atoms in total. The van der Waals surface area contributed by atoms with Crippen molar-refractivity contribution in [2.75, 3.05) is 0 Å². The molecule has 230 valence electrons. The Balaban J connectivity index is 1.20. The van der Waals surface area contributed by atoms with Crippen LogP contribution in [-0.4, -0.2) is 9.97 Å². The van der Waals surface area contributed by atoms with Gasteiger partial charge in [-0.2, -0.15) is 0 Å². The van der Waals surface area contributed by atoms with E-state index in [1.165, 1.54) is 22.3 Å². The van der Waals surface area contributed by atoms with Crippen molar-refractivity contribution in [2.24, 2.45) is 0 Å². The van der Waals surface area contributed by atoms with Crippen LogP contribution < -0.4 is 0 Å². The maximum absolute atomic E-state index is 6.67. The molecule has 0 N–H and O–H groups in total. The summed E-state index contributed by atoms with van der Waals surface area (Å²) in [5.74, 6) is 0.698. The Morgan fingerprint density at radius 3 is 1.47 bits per heavy atom. The third-order valence-electron chi connectivity index (χ3n) is 9.08. The van der Waals surface area contributed by atoms with Gasteiger partial charge in [0, 0.05) is 33.0 Å². The molecule has 9 rings (SSSR count). The highest BCUT2D eigenvalue weighted by Gasteiger charge is 2.17. The minimum Gasteiger partial charge on any atom is -0.455 e. The lowest BCUT2D eigenvalue weighted by Crippen LogP contribution is -1.95. The highest BCUT2D eigenvalue weighted by Crippen LogP contribution is 2.40. The summed E-state index contributed by atoms with van der Waals surface area (Å²) in [5.41, 5.74) is 13.4. The minimum absolute atomic E-state index is 0.698. The maximum Gasteiger partial charge on any atom is 0.160 e. The van der Waals surface area contributed by atoms with Crippen LogP contribution in [0.3, 0.4) is 0 Å². The summed E-state index contributed by atoms with van der Waals surface area (Å²) in [6.07, 6.45) is 0. The minimum atomic E-state index is 0.698. The first-order chi connectivity index (χ1) is 24.3. The van der Waals surface area contributed by atoms with E-state index in [2.05, 4.69) is 146 Å². The molecule has 0 amide bonds. The normalized spacial score (nSPS) is 11.3. The molecule has 2 heterocycles. The van der Waals surface area contributed by atoms with E-state index in [0.717, 1.165) is 61.1 Å². The van der Waals surface area contributed by atoms with Crippen LogP contribution in [0, 0.1) is 0 Å². The molecule has 0 atom stereocenters. The van der Waals surface area contributed by atoms with E-state index in [1.807, 2.05) is 36.4 Å². The molecule has 0 aliphatic carbocycles. The summed E-state index contributed by atoms with van der Waals surface area (Å²) in [4.78, 5) is 10.0. The standard InChI is InChI=1S/C46H30N2O/c1-5-14-31(15-6-1)36-26-37(32-16-7-2-8-17-32)28-38(27-36)39-22-13-23-40-41-29-35(24-25-44(41)49-45(39)40)43-30-42(33-18-9-3-10-19-33)47-46(48-43)34-20-11-4-12-21-34/h1-30H. The zero-order chi connectivity index (χ0) is 32.6. The molecule has 49 heavy (non-hydrogen) atoms. The topological polar surface area (TPSA) is 38.9 Å². The maximum atomic E-state index is 6.67. The molecule has 0 fully saturated rings. The summed E-state index contributed by atoms with van der Waals surface area (Å²) < 4.78 is 6.67. The van der Waals surface area contributed by atoms with Crippen LogP contribution in [0.5, 0.6) is 0 Å². The summed E-state index contributed by atoms with van der Waals surface area (Å²) >= 11 is 0. The average molecular weight is 627 g/mol. The number of benzene rings is 7. The molecule has 3 heteroatoms. The van der Waals surface area contributed by atoms with Crippen LogP contribution in [0.1, 0.15) is 0 Å². The summed E-state index contributed by atoms with van der Waals surface area (Å²) in [7, 11) is 0. The van der Waals surface area contributed by atoms with Crippen LogP contribution in [0.2, 0.25) is 0 Å². The molecule has 9 aromatic rings. The summed E-state index contributed by atoms with van der Waals surface area (Å²) in [6.45, 7) is 0. The molecule has 0 saturated carbocycles. The third kappa shape index (κ3) is 5.48. The van der Waals surface area contributed by atoms with E-state index in [4.69, 9.17) is 14.4 Å². The number of nitrogens with zero attached hydrogens (tertiary/aromatic N) is 2. The van der Waals surface area contributed by atoms with E-state index < -0.39 is 0 Å². The van der Waals surface area contributed by atoms with Gasteiger partial charge in [0.2, 0.25) is 0 Å². The van der Waals surface area contributed by atoms with Crippen molar-refractivity contribution in [3.8, 4) is 67.3 Å². The number of rotatable bonds is 6. The Morgan fingerprint density at radius 1 is 0.327 bits per heavy atom. The van der Waals surface area contributed by atoms with Gasteiger partial charge in [-0.1, -0.05) is 140 Å². The van der Waals surface area contributed by atoms with E-state index in [0.29, 0.717) is 5.82 Å². The first-order valence-corrected chi connectivity index (χ1v) is 16.5. The second-order valence-electron chi connectivity index (χ2n) is 12.2. The molecule has 0 saturated heterocycles. The van der Waals surface area contributed by atoms with Crippen molar-refractivity contribution in [1.82, 2.24) is 9.97 Å². The Bertz CT molecular complexity index is 2460. The van der Waals surface area contributed by atoms with Gasteiger partial charge in [0.1, 0.15) is 11.2 Å². The summed E-state index contributed by atoms with van der Waals surface area (Å²) in [5, 5.41) is 2.12. The average Bonchev–Trinajstić information content (AvgIpc) is 3.57. The Morgan fingerprint density at radius 2 is 0.857 bits per heavy atom. The Labute approximate surface area is 284 Å². The fraction of sp³-hybridized carbons (Fsp3) is 0. The number of fused-ring (bicyclic) bond motifs is 3. The summed E-state index contributed by atoms with van der Waals surface area (Å²) in [6, 6.07) is 63.3. The zero-order valence-electron chi connectivity index (χ0n) is 26.6. The number of aromatic nitrogens is 2. The molecule has 2 aromatic heterocycles. The second kappa shape index (κ2) is 12.2. The van der Waals surface area contributed by atoms with Gasteiger partial charge in [-0.05, 0) is 70.3 Å². The van der Waals surface area contributed by atoms with Crippen LogP contribution in [0.4, 0.5) is 0 Å². The molecule has 7 aromatic carbocycles. The quantitative estimate of drug-likeness (QED) is 0.184. The van der Waals surface area contributed by atoms with Crippen LogP contribution in [0.25, 0.3) is 89.2 Å². The lowest BCUT2D eigenvalue weighted by molar-refractivity contribution is 0.670. The van der Waals surface area contributed by atoms with Gasteiger partial charge >= 0.3 is 0 Å². The van der Waals surface area contributed by atoms with Gasteiger partial charge in [-0.3, -0.25) is 0 Å². The van der Waals surface area contributed by atoms with Crippen molar-refractivity contribution < 1.29 is 4.42 Å². The molecule has 0 bridgehead atoms.